The summed E-state index contributed by atoms with van der Waals surface area (Å²) in [4.78, 5) is 39.0. The molecule has 2 heterocycles. The molecule has 2 aromatic rings. The number of hydrogen-bond donors (Lipinski definition) is 2. The van der Waals surface area contributed by atoms with Gasteiger partial charge in [0.25, 0.3) is 11.8 Å². The summed E-state index contributed by atoms with van der Waals surface area (Å²) in [5, 5.41) is 5.57. The quantitative estimate of drug-likeness (QED) is 0.612. The van der Waals surface area contributed by atoms with Crippen molar-refractivity contribution in [2.45, 2.75) is 19.0 Å². The zero-order valence-electron chi connectivity index (χ0n) is 13.6. The molecule has 1 unspecified atom stereocenters. The fraction of sp³-hybridized carbons (Fsp3) is 0.167. The fourth-order valence-electron chi connectivity index (χ4n) is 3.39. The molecule has 1 spiro atoms. The number of halogens is 2. The Morgan fingerprint density at radius 1 is 1.08 bits per heavy atom. The molecule has 2 aromatic carbocycles. The number of carbonyl (C=O) groups excluding carboxylic acids is 3. The predicted octanol–water partition coefficient (Wildman–Crippen LogP) is 2.88. The molecule has 0 saturated carbocycles. The summed E-state index contributed by atoms with van der Waals surface area (Å²) in [5.41, 5.74) is 0.825. The Bertz CT molecular complexity index is 992. The lowest BCUT2D eigenvalue weighted by Crippen LogP contribution is -2.52. The van der Waals surface area contributed by atoms with Gasteiger partial charge in [-0.15, -0.1) is 0 Å². The fourth-order valence-corrected chi connectivity index (χ4v) is 3.85. The molecule has 8 heteroatoms. The van der Waals surface area contributed by atoms with Crippen LogP contribution in [0.1, 0.15) is 16.7 Å². The van der Waals surface area contributed by atoms with Crippen LogP contribution < -0.4 is 15.5 Å². The first-order valence-electron chi connectivity index (χ1n) is 7.83. The van der Waals surface area contributed by atoms with Gasteiger partial charge in [0.2, 0.25) is 5.54 Å². The Kier molecular flexibility index (Phi) is 3.71. The molecule has 6 nitrogen and oxygen atoms in total. The maximum atomic E-state index is 13.2. The van der Waals surface area contributed by atoms with Gasteiger partial charge in [-0.25, -0.2) is 4.79 Å². The van der Waals surface area contributed by atoms with E-state index in [2.05, 4.69) is 10.6 Å². The second kappa shape index (κ2) is 5.72. The number of nitrogens with one attached hydrogen (secondary N) is 2. The number of aryl methyl sites for hydroxylation is 1. The third kappa shape index (κ3) is 2.29. The molecule has 1 atom stereocenters. The van der Waals surface area contributed by atoms with Crippen LogP contribution in [-0.2, 0) is 21.7 Å². The van der Waals surface area contributed by atoms with Gasteiger partial charge in [-0.1, -0.05) is 47.0 Å². The van der Waals surface area contributed by atoms with Gasteiger partial charge in [0.1, 0.15) is 0 Å². The smallest absolute Gasteiger partial charge is 0.312 e. The maximum Gasteiger partial charge on any atom is 0.323 e. The number of imide groups is 1. The van der Waals surface area contributed by atoms with Crippen LogP contribution in [0.15, 0.2) is 36.4 Å². The number of nitrogens with zero attached hydrogens (tertiary/aromatic N) is 1. The minimum absolute atomic E-state index is 0.149. The molecule has 26 heavy (non-hydrogen) atoms. The van der Waals surface area contributed by atoms with E-state index in [0.29, 0.717) is 26.9 Å². The standard InChI is InChI=1S/C18H13Cl2N3O3/c1-9-2-5-14-12(6-9)18(15(24)21-17(26)22-18)16(25)23(14)8-10-3-4-11(19)7-13(10)20/h2-7H,8H2,1H3,(H2,21,22,24,26). The van der Waals surface area contributed by atoms with E-state index in [9.17, 15) is 14.4 Å². The Morgan fingerprint density at radius 2 is 1.85 bits per heavy atom. The summed E-state index contributed by atoms with van der Waals surface area (Å²) in [5.74, 6) is -1.20. The van der Waals surface area contributed by atoms with Crippen molar-refractivity contribution in [2.75, 3.05) is 4.90 Å². The summed E-state index contributed by atoms with van der Waals surface area (Å²) in [6, 6.07) is 9.65. The largest absolute Gasteiger partial charge is 0.323 e. The molecule has 0 radical (unpaired) electrons. The van der Waals surface area contributed by atoms with Crippen molar-refractivity contribution < 1.29 is 14.4 Å². The minimum Gasteiger partial charge on any atom is -0.312 e. The highest BCUT2D eigenvalue weighted by Crippen LogP contribution is 2.43. The van der Waals surface area contributed by atoms with Gasteiger partial charge < -0.3 is 10.2 Å². The van der Waals surface area contributed by atoms with E-state index >= 15 is 0 Å². The summed E-state index contributed by atoms with van der Waals surface area (Å²) < 4.78 is 0. The highest BCUT2D eigenvalue weighted by Gasteiger charge is 2.61. The second-order valence-corrected chi connectivity index (χ2v) is 7.15. The summed E-state index contributed by atoms with van der Waals surface area (Å²) >= 11 is 12.2. The second-order valence-electron chi connectivity index (χ2n) is 6.31. The Hall–Kier alpha value is -2.57. The Morgan fingerprint density at radius 3 is 2.50 bits per heavy atom. The average Bonchev–Trinajstić information content (AvgIpc) is 2.99. The molecule has 2 aliphatic heterocycles. The van der Waals surface area contributed by atoms with Gasteiger partial charge >= 0.3 is 6.03 Å². The van der Waals surface area contributed by atoms with E-state index in [1.54, 1.807) is 30.3 Å². The van der Waals surface area contributed by atoms with Crippen molar-refractivity contribution in [3.63, 3.8) is 0 Å². The lowest BCUT2D eigenvalue weighted by atomic mass is 9.90. The molecule has 132 valence electrons. The van der Waals surface area contributed by atoms with Crippen molar-refractivity contribution in [2.24, 2.45) is 0 Å². The molecule has 0 bridgehead atoms. The molecular weight excluding hydrogens is 377 g/mol. The van der Waals surface area contributed by atoms with Crippen LogP contribution in [0.2, 0.25) is 10.0 Å². The summed E-state index contributed by atoms with van der Waals surface area (Å²) in [7, 11) is 0. The minimum atomic E-state index is -1.74. The molecule has 0 aromatic heterocycles. The first kappa shape index (κ1) is 16.9. The molecule has 4 amide bonds. The van der Waals surface area contributed by atoms with E-state index in [4.69, 9.17) is 23.2 Å². The highest BCUT2D eigenvalue weighted by molar-refractivity contribution is 6.35. The van der Waals surface area contributed by atoms with E-state index in [1.807, 2.05) is 13.0 Å². The highest BCUT2D eigenvalue weighted by atomic mass is 35.5. The van der Waals surface area contributed by atoms with Gasteiger partial charge in [0.15, 0.2) is 0 Å². The molecule has 2 N–H and O–H groups in total. The number of benzene rings is 2. The summed E-state index contributed by atoms with van der Waals surface area (Å²) in [6.07, 6.45) is 0. The van der Waals surface area contributed by atoms with Crippen molar-refractivity contribution in [3.05, 3.63) is 63.1 Å². The van der Waals surface area contributed by atoms with E-state index in [1.165, 1.54) is 4.90 Å². The molecule has 2 aliphatic rings. The number of urea groups is 1. The molecular formula is C18H13Cl2N3O3. The third-order valence-corrected chi connectivity index (χ3v) is 5.21. The first-order valence-corrected chi connectivity index (χ1v) is 8.59. The summed E-state index contributed by atoms with van der Waals surface area (Å²) in [6.45, 7) is 2.00. The number of carbonyl (C=O) groups is 3. The van der Waals surface area contributed by atoms with Crippen LogP contribution >= 0.6 is 23.2 Å². The number of fused-ring (bicyclic) bond motifs is 2. The number of amides is 4. The van der Waals surface area contributed by atoms with Crippen LogP contribution in [0.25, 0.3) is 0 Å². The van der Waals surface area contributed by atoms with E-state index in [0.717, 1.165) is 5.56 Å². The van der Waals surface area contributed by atoms with Crippen LogP contribution in [-0.4, -0.2) is 17.8 Å². The Balaban J connectivity index is 1.84. The maximum absolute atomic E-state index is 13.2. The lowest BCUT2D eigenvalue weighted by Gasteiger charge is -2.21. The topological polar surface area (TPSA) is 78.5 Å². The molecule has 4 rings (SSSR count). The van der Waals surface area contributed by atoms with Gasteiger partial charge in [-0.05, 0) is 30.7 Å². The van der Waals surface area contributed by atoms with Gasteiger partial charge in [-0.3, -0.25) is 14.9 Å². The molecule has 0 aliphatic carbocycles. The monoisotopic (exact) mass is 389 g/mol. The van der Waals surface area contributed by atoms with Crippen LogP contribution in [0.5, 0.6) is 0 Å². The van der Waals surface area contributed by atoms with Crippen molar-refractivity contribution >= 4 is 46.7 Å². The normalized spacial score (nSPS) is 21.2. The van der Waals surface area contributed by atoms with Crippen LogP contribution in [0, 0.1) is 6.92 Å². The SMILES string of the molecule is Cc1ccc2c(c1)C1(NC(=O)NC1=O)C(=O)N2Cc1ccc(Cl)cc1Cl. The zero-order valence-corrected chi connectivity index (χ0v) is 15.1. The average molecular weight is 390 g/mol. The van der Waals surface area contributed by atoms with Crippen LogP contribution in [0.3, 0.4) is 0 Å². The predicted molar refractivity (Wildman–Crippen MR) is 97.2 cm³/mol. The molecule has 1 saturated heterocycles. The van der Waals surface area contributed by atoms with Gasteiger partial charge in [0, 0.05) is 15.6 Å². The third-order valence-electron chi connectivity index (χ3n) is 4.63. The number of anilines is 1. The van der Waals surface area contributed by atoms with Gasteiger partial charge in [0.05, 0.1) is 12.2 Å². The van der Waals surface area contributed by atoms with Crippen molar-refractivity contribution in [3.8, 4) is 0 Å². The first-order chi connectivity index (χ1) is 12.3. The lowest BCUT2D eigenvalue weighted by molar-refractivity contribution is -0.134. The molecule has 1 fully saturated rings. The van der Waals surface area contributed by atoms with Crippen molar-refractivity contribution in [1.82, 2.24) is 10.6 Å². The van der Waals surface area contributed by atoms with Crippen molar-refractivity contribution in [1.29, 1.82) is 0 Å². The zero-order chi connectivity index (χ0) is 18.6. The van der Waals surface area contributed by atoms with Gasteiger partial charge in [-0.2, -0.15) is 0 Å². The van der Waals surface area contributed by atoms with E-state index in [-0.39, 0.29) is 6.54 Å². The van der Waals surface area contributed by atoms with E-state index < -0.39 is 23.4 Å². The number of hydrogen-bond acceptors (Lipinski definition) is 3. The Labute approximate surface area is 159 Å². The van der Waals surface area contributed by atoms with Crippen LogP contribution in [0.4, 0.5) is 10.5 Å². The number of rotatable bonds is 2.